The van der Waals surface area contributed by atoms with Crippen LogP contribution in [0.1, 0.15) is 13.3 Å². The van der Waals surface area contributed by atoms with Crippen LogP contribution in [0.4, 0.5) is 0 Å². The van der Waals surface area contributed by atoms with Gasteiger partial charge in [0.05, 0.1) is 12.0 Å². The lowest BCUT2D eigenvalue weighted by molar-refractivity contribution is -0.122. The van der Waals surface area contributed by atoms with Crippen molar-refractivity contribution in [3.63, 3.8) is 0 Å². The van der Waals surface area contributed by atoms with Gasteiger partial charge in [-0.25, -0.2) is 0 Å². The zero-order chi connectivity index (χ0) is 7.90. The minimum atomic E-state index is -0.252. The van der Waals surface area contributed by atoms with Gasteiger partial charge in [0.2, 0.25) is 0 Å². The zero-order valence-electron chi connectivity index (χ0n) is 6.68. The molecule has 3 nitrogen and oxygen atoms in total. The quantitative estimate of drug-likeness (QED) is 0.531. The van der Waals surface area contributed by atoms with Gasteiger partial charge in [0, 0.05) is 18.8 Å². The summed E-state index contributed by atoms with van der Waals surface area (Å²) in [6.45, 7) is 4.16. The monoisotopic (exact) mass is 152 g/mol. The van der Waals surface area contributed by atoms with Crippen LogP contribution < -0.4 is 5.32 Å². The minimum absolute atomic E-state index is 0.252. The van der Waals surface area contributed by atoms with E-state index in [4.69, 9.17) is 0 Å². The lowest BCUT2D eigenvalue weighted by atomic mass is 9.79. The van der Waals surface area contributed by atoms with Crippen molar-refractivity contribution in [3.05, 3.63) is 0 Å². The molecular weight excluding hydrogens is 140 g/mol. The smallest absolute Gasteiger partial charge is 0.166 e. The number of aliphatic imine (C=N–C) groups is 1. The maximum absolute atomic E-state index is 11.4. The molecule has 1 N–H and O–H groups in total. The first-order valence-electron chi connectivity index (χ1n) is 4.01. The molecule has 0 aromatic rings. The largest absolute Gasteiger partial charge is 0.315 e. The van der Waals surface area contributed by atoms with Gasteiger partial charge in [-0.05, 0) is 13.3 Å². The lowest BCUT2D eigenvalue weighted by Crippen LogP contribution is -2.47. The lowest BCUT2D eigenvalue weighted by Gasteiger charge is -2.29. The van der Waals surface area contributed by atoms with Crippen LogP contribution in [0.5, 0.6) is 0 Å². The van der Waals surface area contributed by atoms with Crippen molar-refractivity contribution in [2.45, 2.75) is 13.3 Å². The van der Waals surface area contributed by atoms with Gasteiger partial charge in [-0.2, -0.15) is 0 Å². The standard InChI is InChI=1S/C8H12N2O/c1-8-5-9-3-2-6(8)10-4-7(8)11/h9H,2-5H2,1H3. The highest BCUT2D eigenvalue weighted by molar-refractivity contribution is 6.14. The molecule has 1 fully saturated rings. The zero-order valence-corrected chi connectivity index (χ0v) is 6.68. The van der Waals surface area contributed by atoms with Crippen molar-refractivity contribution >= 4 is 11.5 Å². The second kappa shape index (κ2) is 2.14. The molecule has 11 heavy (non-hydrogen) atoms. The number of fused-ring (bicyclic) bond motifs is 1. The summed E-state index contributed by atoms with van der Waals surface area (Å²) in [5.41, 5.74) is 0.861. The Hall–Kier alpha value is -0.700. The second-order valence-electron chi connectivity index (χ2n) is 3.44. The van der Waals surface area contributed by atoms with E-state index < -0.39 is 0 Å². The summed E-state index contributed by atoms with van der Waals surface area (Å²) in [5, 5.41) is 3.23. The number of carbonyl (C=O) groups excluding carboxylic acids is 1. The average Bonchev–Trinajstić information content (AvgIpc) is 2.29. The molecular formula is C8H12N2O. The fraction of sp³-hybridized carbons (Fsp3) is 0.750. The molecule has 2 rings (SSSR count). The minimum Gasteiger partial charge on any atom is -0.315 e. The SMILES string of the molecule is CC12CNCCC1=NCC2=O. The second-order valence-corrected chi connectivity index (χ2v) is 3.44. The molecule has 1 unspecified atom stereocenters. The highest BCUT2D eigenvalue weighted by atomic mass is 16.1. The number of piperidine rings is 1. The van der Waals surface area contributed by atoms with E-state index in [0.29, 0.717) is 6.54 Å². The number of ketones is 1. The van der Waals surface area contributed by atoms with Gasteiger partial charge in [0.25, 0.3) is 0 Å². The molecule has 1 atom stereocenters. The normalized spacial score (nSPS) is 36.8. The Morgan fingerprint density at radius 1 is 1.64 bits per heavy atom. The van der Waals surface area contributed by atoms with Crippen molar-refractivity contribution in [1.29, 1.82) is 0 Å². The van der Waals surface area contributed by atoms with Gasteiger partial charge in [-0.15, -0.1) is 0 Å². The van der Waals surface area contributed by atoms with Crippen molar-refractivity contribution in [1.82, 2.24) is 5.32 Å². The molecule has 2 aliphatic rings. The van der Waals surface area contributed by atoms with Gasteiger partial charge in [0.1, 0.15) is 0 Å². The Balaban J connectivity index is 2.32. The third kappa shape index (κ3) is 0.839. The van der Waals surface area contributed by atoms with E-state index in [2.05, 4.69) is 10.3 Å². The van der Waals surface area contributed by atoms with E-state index in [-0.39, 0.29) is 11.2 Å². The summed E-state index contributed by atoms with van der Waals surface area (Å²) < 4.78 is 0. The Morgan fingerprint density at radius 2 is 2.45 bits per heavy atom. The van der Waals surface area contributed by atoms with Crippen molar-refractivity contribution in [3.8, 4) is 0 Å². The topological polar surface area (TPSA) is 41.5 Å². The Bertz CT molecular complexity index is 234. The fourth-order valence-corrected chi connectivity index (χ4v) is 1.78. The molecule has 0 radical (unpaired) electrons. The van der Waals surface area contributed by atoms with Crippen LogP contribution >= 0.6 is 0 Å². The first-order chi connectivity index (χ1) is 5.23. The van der Waals surface area contributed by atoms with Crippen LogP contribution in [0.3, 0.4) is 0 Å². The van der Waals surface area contributed by atoms with E-state index >= 15 is 0 Å². The molecule has 0 bridgehead atoms. The van der Waals surface area contributed by atoms with E-state index in [0.717, 1.165) is 25.2 Å². The number of nitrogens with one attached hydrogen (secondary N) is 1. The Kier molecular flexibility index (Phi) is 1.36. The average molecular weight is 152 g/mol. The third-order valence-corrected chi connectivity index (χ3v) is 2.68. The number of hydrogen-bond acceptors (Lipinski definition) is 3. The molecule has 2 aliphatic heterocycles. The molecule has 0 aliphatic carbocycles. The molecule has 0 aromatic heterocycles. The molecule has 0 aromatic carbocycles. The van der Waals surface area contributed by atoms with Crippen LogP contribution in [0, 0.1) is 5.41 Å². The van der Waals surface area contributed by atoms with E-state index in [1.807, 2.05) is 6.92 Å². The van der Waals surface area contributed by atoms with Gasteiger partial charge in [0.15, 0.2) is 5.78 Å². The van der Waals surface area contributed by atoms with Crippen molar-refractivity contribution in [2.75, 3.05) is 19.6 Å². The van der Waals surface area contributed by atoms with E-state index in [9.17, 15) is 4.79 Å². The number of nitrogens with zero attached hydrogens (tertiary/aromatic N) is 1. The molecule has 60 valence electrons. The number of rotatable bonds is 0. The van der Waals surface area contributed by atoms with Crippen molar-refractivity contribution in [2.24, 2.45) is 10.4 Å². The first-order valence-corrected chi connectivity index (χ1v) is 4.01. The highest BCUT2D eigenvalue weighted by Gasteiger charge is 2.43. The number of carbonyl (C=O) groups is 1. The molecule has 3 heteroatoms. The summed E-state index contributed by atoms with van der Waals surface area (Å²) in [4.78, 5) is 15.6. The summed E-state index contributed by atoms with van der Waals surface area (Å²) in [6.07, 6.45) is 0.947. The van der Waals surface area contributed by atoms with Crippen LogP contribution in [0.2, 0.25) is 0 Å². The predicted octanol–water partition coefficient (Wildman–Crippen LogP) is 0.00970. The summed E-state index contributed by atoms with van der Waals surface area (Å²) in [5.74, 6) is 0.278. The molecule has 1 saturated heterocycles. The maximum atomic E-state index is 11.4. The molecule has 0 spiro atoms. The van der Waals surface area contributed by atoms with E-state index in [1.54, 1.807) is 0 Å². The summed E-state index contributed by atoms with van der Waals surface area (Å²) >= 11 is 0. The van der Waals surface area contributed by atoms with Gasteiger partial charge in [-0.3, -0.25) is 9.79 Å². The van der Waals surface area contributed by atoms with Gasteiger partial charge >= 0.3 is 0 Å². The Morgan fingerprint density at radius 3 is 3.18 bits per heavy atom. The maximum Gasteiger partial charge on any atom is 0.166 e. The third-order valence-electron chi connectivity index (χ3n) is 2.68. The Labute approximate surface area is 65.9 Å². The van der Waals surface area contributed by atoms with Gasteiger partial charge in [-0.1, -0.05) is 0 Å². The molecule has 0 amide bonds. The highest BCUT2D eigenvalue weighted by Crippen LogP contribution is 2.28. The summed E-state index contributed by atoms with van der Waals surface area (Å²) in [7, 11) is 0. The number of Topliss-reactive ketones (excluding diaryl/α,β-unsaturated/α-hetero) is 1. The van der Waals surface area contributed by atoms with Crippen LogP contribution in [0.25, 0.3) is 0 Å². The van der Waals surface area contributed by atoms with Crippen LogP contribution in [-0.4, -0.2) is 31.1 Å². The van der Waals surface area contributed by atoms with E-state index in [1.165, 1.54) is 0 Å². The predicted molar refractivity (Wildman–Crippen MR) is 42.9 cm³/mol. The van der Waals surface area contributed by atoms with Crippen LogP contribution in [-0.2, 0) is 4.79 Å². The number of hydrogen-bond donors (Lipinski definition) is 1. The van der Waals surface area contributed by atoms with Gasteiger partial charge < -0.3 is 5.32 Å². The first kappa shape index (κ1) is 6.98. The summed E-state index contributed by atoms with van der Waals surface area (Å²) in [6, 6.07) is 0. The fourth-order valence-electron chi connectivity index (χ4n) is 1.78. The van der Waals surface area contributed by atoms with Crippen LogP contribution in [0.15, 0.2) is 4.99 Å². The molecule has 0 saturated carbocycles. The van der Waals surface area contributed by atoms with Crippen molar-refractivity contribution < 1.29 is 4.79 Å². The molecule has 2 heterocycles.